The standard InChI is InChI=1S/C7H8O5/c1-3-5(8)11-6(4-2)12-7(9)10/h3-4,6H,1-2H2,(H,9,10). The molecule has 5 heteroatoms. The van der Waals surface area contributed by atoms with Gasteiger partial charge in [0.15, 0.2) is 0 Å². The van der Waals surface area contributed by atoms with Crippen LogP contribution in [0.25, 0.3) is 0 Å². The lowest BCUT2D eigenvalue weighted by Crippen LogP contribution is -2.20. The summed E-state index contributed by atoms with van der Waals surface area (Å²) < 4.78 is 8.46. The van der Waals surface area contributed by atoms with Gasteiger partial charge in [-0.25, -0.2) is 9.59 Å². The molecular weight excluding hydrogens is 164 g/mol. The maximum atomic E-state index is 10.5. The Hall–Kier alpha value is -1.78. The van der Waals surface area contributed by atoms with Gasteiger partial charge in [-0.1, -0.05) is 13.2 Å². The van der Waals surface area contributed by atoms with Crippen LogP contribution in [0, 0.1) is 0 Å². The van der Waals surface area contributed by atoms with Gasteiger partial charge in [0.05, 0.1) is 0 Å². The summed E-state index contributed by atoms with van der Waals surface area (Å²) in [5, 5.41) is 8.11. The van der Waals surface area contributed by atoms with E-state index in [1.54, 1.807) is 0 Å². The van der Waals surface area contributed by atoms with Crippen LogP contribution >= 0.6 is 0 Å². The van der Waals surface area contributed by atoms with E-state index < -0.39 is 18.4 Å². The topological polar surface area (TPSA) is 72.8 Å². The molecule has 12 heavy (non-hydrogen) atoms. The fraction of sp³-hybridized carbons (Fsp3) is 0.143. The molecule has 0 fully saturated rings. The van der Waals surface area contributed by atoms with Crippen molar-refractivity contribution in [2.45, 2.75) is 6.29 Å². The normalized spacial score (nSPS) is 11.0. The molecule has 0 aliphatic heterocycles. The molecule has 0 amide bonds. The summed E-state index contributed by atoms with van der Waals surface area (Å²) in [4.78, 5) is 20.5. The Morgan fingerprint density at radius 3 is 2.25 bits per heavy atom. The minimum Gasteiger partial charge on any atom is -0.450 e. The molecule has 0 aromatic carbocycles. The first-order chi connectivity index (χ1) is 5.60. The van der Waals surface area contributed by atoms with Crippen LogP contribution in [0.2, 0.25) is 0 Å². The van der Waals surface area contributed by atoms with Gasteiger partial charge in [-0.05, 0) is 6.08 Å². The first-order valence-electron chi connectivity index (χ1n) is 2.95. The van der Waals surface area contributed by atoms with E-state index in [1.807, 2.05) is 0 Å². The van der Waals surface area contributed by atoms with E-state index in [0.29, 0.717) is 0 Å². The molecule has 0 spiro atoms. The van der Waals surface area contributed by atoms with Crippen LogP contribution in [0.3, 0.4) is 0 Å². The van der Waals surface area contributed by atoms with Crippen molar-refractivity contribution in [3.8, 4) is 0 Å². The number of carboxylic acid groups (broad SMARTS) is 1. The van der Waals surface area contributed by atoms with E-state index in [0.717, 1.165) is 12.2 Å². The molecule has 0 aliphatic carbocycles. The smallest absolute Gasteiger partial charge is 0.450 e. The molecule has 1 N–H and O–H groups in total. The maximum absolute atomic E-state index is 10.5. The van der Waals surface area contributed by atoms with E-state index in [-0.39, 0.29) is 0 Å². The first-order valence-corrected chi connectivity index (χ1v) is 2.95. The van der Waals surface area contributed by atoms with Crippen molar-refractivity contribution >= 4 is 12.1 Å². The molecule has 1 atom stereocenters. The van der Waals surface area contributed by atoms with E-state index in [1.165, 1.54) is 0 Å². The van der Waals surface area contributed by atoms with Crippen LogP contribution in [-0.4, -0.2) is 23.5 Å². The highest BCUT2D eigenvalue weighted by atomic mass is 16.8. The van der Waals surface area contributed by atoms with Crippen molar-refractivity contribution in [3.63, 3.8) is 0 Å². The minimum absolute atomic E-state index is 0.777. The van der Waals surface area contributed by atoms with Gasteiger partial charge in [0, 0.05) is 6.08 Å². The van der Waals surface area contributed by atoms with E-state index in [2.05, 4.69) is 22.6 Å². The van der Waals surface area contributed by atoms with Crippen molar-refractivity contribution in [3.05, 3.63) is 25.3 Å². The zero-order chi connectivity index (χ0) is 9.56. The molecule has 0 saturated carbocycles. The Bertz CT molecular complexity index is 208. The Morgan fingerprint density at radius 2 is 1.92 bits per heavy atom. The predicted molar refractivity (Wildman–Crippen MR) is 39.4 cm³/mol. The molecular formula is C7H8O5. The molecule has 5 nitrogen and oxygen atoms in total. The number of hydrogen-bond donors (Lipinski definition) is 1. The minimum atomic E-state index is -1.54. The van der Waals surface area contributed by atoms with Crippen LogP contribution in [-0.2, 0) is 14.3 Å². The Balaban J connectivity index is 3.99. The van der Waals surface area contributed by atoms with Crippen molar-refractivity contribution < 1.29 is 24.2 Å². The summed E-state index contributed by atoms with van der Waals surface area (Å²) in [5.74, 6) is -0.777. The highest BCUT2D eigenvalue weighted by Gasteiger charge is 2.12. The Morgan fingerprint density at radius 1 is 1.33 bits per heavy atom. The Kier molecular flexibility index (Phi) is 4.21. The first kappa shape index (κ1) is 10.2. The average Bonchev–Trinajstić information content (AvgIpc) is 2.02. The molecule has 66 valence electrons. The molecule has 0 heterocycles. The van der Waals surface area contributed by atoms with Crippen LogP contribution < -0.4 is 0 Å². The van der Waals surface area contributed by atoms with Crippen molar-refractivity contribution in [1.29, 1.82) is 0 Å². The average molecular weight is 172 g/mol. The number of ether oxygens (including phenoxy) is 2. The number of carbonyl (C=O) groups is 2. The molecule has 0 aromatic rings. The number of esters is 1. The third-order valence-electron chi connectivity index (χ3n) is 0.808. The lowest BCUT2D eigenvalue weighted by molar-refractivity contribution is -0.156. The van der Waals surface area contributed by atoms with Gasteiger partial charge >= 0.3 is 12.1 Å². The zero-order valence-corrected chi connectivity index (χ0v) is 6.23. The highest BCUT2D eigenvalue weighted by Crippen LogP contribution is 1.97. The number of rotatable bonds is 4. The zero-order valence-electron chi connectivity index (χ0n) is 6.23. The highest BCUT2D eigenvalue weighted by molar-refractivity contribution is 5.81. The second-order valence-electron chi connectivity index (χ2n) is 1.63. The largest absolute Gasteiger partial charge is 0.509 e. The summed E-state index contributed by atoms with van der Waals surface area (Å²) in [6.45, 7) is 6.32. The third-order valence-corrected chi connectivity index (χ3v) is 0.808. The van der Waals surface area contributed by atoms with E-state index >= 15 is 0 Å². The van der Waals surface area contributed by atoms with Gasteiger partial charge < -0.3 is 14.6 Å². The Labute approximate surface area is 68.9 Å². The molecule has 0 rings (SSSR count). The van der Waals surface area contributed by atoms with Crippen molar-refractivity contribution in [1.82, 2.24) is 0 Å². The lowest BCUT2D eigenvalue weighted by atomic mass is 10.6. The third kappa shape index (κ3) is 4.10. The van der Waals surface area contributed by atoms with Crippen LogP contribution in [0.5, 0.6) is 0 Å². The fourth-order valence-electron chi connectivity index (χ4n) is 0.382. The molecule has 0 saturated heterocycles. The fourth-order valence-corrected chi connectivity index (χ4v) is 0.382. The van der Waals surface area contributed by atoms with Crippen LogP contribution in [0.1, 0.15) is 0 Å². The lowest BCUT2D eigenvalue weighted by Gasteiger charge is -2.10. The van der Waals surface area contributed by atoms with Gasteiger partial charge in [0.2, 0.25) is 0 Å². The number of hydrogen-bond acceptors (Lipinski definition) is 4. The summed E-state index contributed by atoms with van der Waals surface area (Å²) in [7, 11) is 0. The maximum Gasteiger partial charge on any atom is 0.509 e. The van der Waals surface area contributed by atoms with Gasteiger partial charge in [-0.15, -0.1) is 0 Å². The SMILES string of the molecule is C=CC(=O)OC(C=C)OC(=O)O. The van der Waals surface area contributed by atoms with Crippen LogP contribution in [0.4, 0.5) is 4.79 Å². The molecule has 0 bridgehead atoms. The van der Waals surface area contributed by atoms with Crippen molar-refractivity contribution in [2.24, 2.45) is 0 Å². The number of carbonyl (C=O) groups excluding carboxylic acids is 1. The molecule has 1 unspecified atom stereocenters. The van der Waals surface area contributed by atoms with Gasteiger partial charge in [-0.3, -0.25) is 0 Å². The molecule has 0 radical (unpaired) electrons. The van der Waals surface area contributed by atoms with Gasteiger partial charge in [0.25, 0.3) is 6.29 Å². The second kappa shape index (κ2) is 4.95. The summed E-state index contributed by atoms with van der Waals surface area (Å²) in [6.07, 6.45) is -0.901. The predicted octanol–water partition coefficient (Wildman–Crippen LogP) is 0.922. The van der Waals surface area contributed by atoms with Gasteiger partial charge in [-0.2, -0.15) is 0 Å². The van der Waals surface area contributed by atoms with Crippen LogP contribution in [0.15, 0.2) is 25.3 Å². The van der Waals surface area contributed by atoms with Gasteiger partial charge in [0.1, 0.15) is 0 Å². The summed E-state index contributed by atoms with van der Waals surface area (Å²) in [5.41, 5.74) is 0. The van der Waals surface area contributed by atoms with Crippen molar-refractivity contribution in [2.75, 3.05) is 0 Å². The summed E-state index contributed by atoms with van der Waals surface area (Å²) in [6, 6.07) is 0. The van der Waals surface area contributed by atoms with E-state index in [4.69, 9.17) is 5.11 Å². The molecule has 0 aromatic heterocycles. The molecule has 0 aliphatic rings. The summed E-state index contributed by atoms with van der Waals surface area (Å²) >= 11 is 0. The second-order valence-corrected chi connectivity index (χ2v) is 1.63. The van der Waals surface area contributed by atoms with E-state index in [9.17, 15) is 9.59 Å². The monoisotopic (exact) mass is 172 g/mol. The quantitative estimate of drug-likeness (QED) is 0.295.